The van der Waals surface area contributed by atoms with E-state index in [-0.39, 0.29) is 11.6 Å². The van der Waals surface area contributed by atoms with Crippen molar-refractivity contribution in [2.24, 2.45) is 5.84 Å². The van der Waals surface area contributed by atoms with E-state index in [0.717, 1.165) is 23.1 Å². The van der Waals surface area contributed by atoms with Crippen LogP contribution in [0.25, 0.3) is 0 Å². The summed E-state index contributed by atoms with van der Waals surface area (Å²) in [6.07, 6.45) is 6.01. The molecule has 1 heterocycles. The lowest BCUT2D eigenvalue weighted by Gasteiger charge is -2.34. The molecule has 1 atom stereocenters. The van der Waals surface area contributed by atoms with Crippen LogP contribution in [0.5, 0.6) is 0 Å². The summed E-state index contributed by atoms with van der Waals surface area (Å²) in [4.78, 5) is 0. The van der Waals surface area contributed by atoms with Gasteiger partial charge in [0.1, 0.15) is 11.8 Å². The maximum Gasteiger partial charge on any atom is 0.139 e. The lowest BCUT2D eigenvalue weighted by Crippen LogP contribution is -2.46. The van der Waals surface area contributed by atoms with Gasteiger partial charge in [-0.15, -0.1) is 0 Å². The van der Waals surface area contributed by atoms with E-state index < -0.39 is 0 Å². The molecule has 1 aromatic heterocycles. The second kappa shape index (κ2) is 4.87. The number of halogens is 1. The van der Waals surface area contributed by atoms with Gasteiger partial charge in [0.2, 0.25) is 0 Å². The number of furan rings is 1. The topological polar surface area (TPSA) is 60.4 Å². The number of ether oxygens (including phenoxy) is 1. The fraction of sp³-hybridized carbons (Fsp3) is 0.636. The zero-order valence-electron chi connectivity index (χ0n) is 9.33. The number of hydrogen-bond donors (Lipinski definition) is 2. The van der Waals surface area contributed by atoms with Crippen molar-refractivity contribution in [3.63, 3.8) is 0 Å². The van der Waals surface area contributed by atoms with Crippen LogP contribution in [0.3, 0.4) is 0 Å². The monoisotopic (exact) mass is 288 g/mol. The second-order valence-electron chi connectivity index (χ2n) is 4.21. The third kappa shape index (κ3) is 1.93. The minimum atomic E-state index is -0.241. The van der Waals surface area contributed by atoms with E-state index in [2.05, 4.69) is 21.4 Å². The highest BCUT2D eigenvalue weighted by Crippen LogP contribution is 2.43. The first-order chi connectivity index (χ1) is 7.73. The first-order valence-electron chi connectivity index (χ1n) is 5.47. The fourth-order valence-electron chi connectivity index (χ4n) is 2.56. The lowest BCUT2D eigenvalue weighted by molar-refractivity contribution is -0.0423. The molecule has 1 aliphatic carbocycles. The maximum atomic E-state index is 5.71. The smallest absolute Gasteiger partial charge is 0.139 e. The van der Waals surface area contributed by atoms with Gasteiger partial charge in [-0.25, -0.2) is 5.43 Å². The Balaban J connectivity index is 2.31. The highest BCUT2D eigenvalue weighted by atomic mass is 79.9. The number of nitrogens with two attached hydrogens (primary N) is 1. The zero-order chi connectivity index (χ0) is 11.6. The van der Waals surface area contributed by atoms with E-state index in [9.17, 15) is 0 Å². The van der Waals surface area contributed by atoms with Gasteiger partial charge in [0.05, 0.1) is 16.3 Å². The van der Waals surface area contributed by atoms with Crippen molar-refractivity contribution in [2.75, 3.05) is 7.11 Å². The molecule has 1 fully saturated rings. The molecular weight excluding hydrogens is 272 g/mol. The van der Waals surface area contributed by atoms with Crippen LogP contribution in [0, 0.1) is 0 Å². The summed E-state index contributed by atoms with van der Waals surface area (Å²) >= 11 is 3.46. The van der Waals surface area contributed by atoms with E-state index in [0.29, 0.717) is 0 Å². The van der Waals surface area contributed by atoms with Crippen molar-refractivity contribution in [1.82, 2.24) is 5.43 Å². The van der Waals surface area contributed by atoms with Gasteiger partial charge in [0.15, 0.2) is 0 Å². The second-order valence-corrected chi connectivity index (χ2v) is 5.06. The number of hydrazine groups is 1. The predicted octanol–water partition coefficient (Wildman–Crippen LogP) is 2.51. The van der Waals surface area contributed by atoms with Crippen LogP contribution in [0.4, 0.5) is 0 Å². The molecule has 1 unspecified atom stereocenters. The van der Waals surface area contributed by atoms with E-state index >= 15 is 0 Å². The molecule has 4 nitrogen and oxygen atoms in total. The number of rotatable bonds is 4. The average Bonchev–Trinajstić information content (AvgIpc) is 2.91. The molecule has 0 bridgehead atoms. The first-order valence-corrected chi connectivity index (χ1v) is 6.27. The fourth-order valence-corrected chi connectivity index (χ4v) is 2.99. The molecule has 1 aliphatic rings. The van der Waals surface area contributed by atoms with Gasteiger partial charge in [-0.05, 0) is 34.8 Å². The quantitative estimate of drug-likeness (QED) is 0.660. The van der Waals surface area contributed by atoms with Crippen LogP contribution in [-0.2, 0) is 4.74 Å². The molecule has 0 aromatic carbocycles. The average molecular weight is 289 g/mol. The van der Waals surface area contributed by atoms with E-state index in [1.807, 2.05) is 6.07 Å². The third-order valence-corrected chi connectivity index (χ3v) is 4.11. The normalized spacial score (nSPS) is 21.2. The van der Waals surface area contributed by atoms with Gasteiger partial charge < -0.3 is 9.15 Å². The highest BCUT2D eigenvalue weighted by molar-refractivity contribution is 9.10. The summed E-state index contributed by atoms with van der Waals surface area (Å²) in [6.45, 7) is 0. The number of nitrogens with one attached hydrogen (secondary N) is 1. The molecule has 0 radical (unpaired) electrons. The summed E-state index contributed by atoms with van der Waals surface area (Å²) < 4.78 is 12.1. The van der Waals surface area contributed by atoms with Crippen molar-refractivity contribution in [2.45, 2.75) is 37.3 Å². The molecule has 90 valence electrons. The van der Waals surface area contributed by atoms with E-state index in [1.54, 1.807) is 13.4 Å². The Kier molecular flexibility index (Phi) is 3.69. The zero-order valence-corrected chi connectivity index (χ0v) is 10.9. The van der Waals surface area contributed by atoms with Crippen molar-refractivity contribution in [3.05, 3.63) is 22.6 Å². The summed E-state index contributed by atoms with van der Waals surface area (Å²) in [6, 6.07) is 1.77. The van der Waals surface area contributed by atoms with Crippen molar-refractivity contribution < 1.29 is 9.15 Å². The molecule has 1 aromatic rings. The third-order valence-electron chi connectivity index (χ3n) is 3.46. The summed E-state index contributed by atoms with van der Waals surface area (Å²) in [5.74, 6) is 6.47. The van der Waals surface area contributed by atoms with Crippen molar-refractivity contribution in [1.29, 1.82) is 0 Å². The molecule has 0 aliphatic heterocycles. The Hall–Kier alpha value is -0.360. The Morgan fingerprint density at radius 3 is 2.69 bits per heavy atom. The predicted molar refractivity (Wildman–Crippen MR) is 64.7 cm³/mol. The molecule has 1 saturated carbocycles. The highest BCUT2D eigenvalue weighted by Gasteiger charge is 2.44. The van der Waals surface area contributed by atoms with Crippen molar-refractivity contribution in [3.8, 4) is 0 Å². The molecular formula is C11H17BrN2O2. The molecule has 0 amide bonds. The van der Waals surface area contributed by atoms with Gasteiger partial charge >= 0.3 is 0 Å². The van der Waals surface area contributed by atoms with Crippen LogP contribution in [0.2, 0.25) is 0 Å². The lowest BCUT2D eigenvalue weighted by atomic mass is 9.90. The van der Waals surface area contributed by atoms with Gasteiger partial charge in [-0.3, -0.25) is 5.84 Å². The Morgan fingerprint density at radius 1 is 1.56 bits per heavy atom. The number of methoxy groups -OCH3 is 1. The molecule has 0 saturated heterocycles. The molecule has 0 spiro atoms. The van der Waals surface area contributed by atoms with E-state index in [4.69, 9.17) is 15.0 Å². The minimum Gasteiger partial charge on any atom is -0.466 e. The van der Waals surface area contributed by atoms with Crippen LogP contribution in [-0.4, -0.2) is 12.7 Å². The SMILES string of the molecule is COC1(C(NN)c2occc2Br)CCCC1. The van der Waals surface area contributed by atoms with Gasteiger partial charge in [-0.1, -0.05) is 12.8 Å². The Bertz CT molecular complexity index is 348. The first kappa shape index (κ1) is 12.1. The Morgan fingerprint density at radius 2 is 2.25 bits per heavy atom. The number of hydrogen-bond acceptors (Lipinski definition) is 4. The summed E-state index contributed by atoms with van der Waals surface area (Å²) in [5.41, 5.74) is 2.59. The standard InChI is InChI=1S/C11H17BrN2O2/c1-15-11(5-2-3-6-11)10(14-13)9-8(12)4-7-16-9/h4,7,10,14H,2-3,5-6,13H2,1H3. The maximum absolute atomic E-state index is 5.71. The summed E-state index contributed by atoms with van der Waals surface area (Å²) in [5, 5.41) is 0. The Labute approximate surface area is 104 Å². The minimum absolute atomic E-state index is 0.107. The molecule has 16 heavy (non-hydrogen) atoms. The van der Waals surface area contributed by atoms with Crippen LogP contribution in [0.1, 0.15) is 37.5 Å². The van der Waals surface area contributed by atoms with Crippen molar-refractivity contribution >= 4 is 15.9 Å². The van der Waals surface area contributed by atoms with Gasteiger partial charge in [-0.2, -0.15) is 0 Å². The molecule has 3 N–H and O–H groups in total. The van der Waals surface area contributed by atoms with Crippen LogP contribution < -0.4 is 11.3 Å². The van der Waals surface area contributed by atoms with Gasteiger partial charge in [0, 0.05) is 7.11 Å². The van der Waals surface area contributed by atoms with Crippen LogP contribution >= 0.6 is 15.9 Å². The van der Waals surface area contributed by atoms with Gasteiger partial charge in [0.25, 0.3) is 0 Å². The largest absolute Gasteiger partial charge is 0.466 e. The van der Waals surface area contributed by atoms with E-state index in [1.165, 1.54) is 12.8 Å². The van der Waals surface area contributed by atoms with Crippen LogP contribution in [0.15, 0.2) is 21.2 Å². The summed E-state index contributed by atoms with van der Waals surface area (Å²) in [7, 11) is 1.74. The molecule has 5 heteroatoms. The molecule has 2 rings (SSSR count).